The number of nitrogens with zero attached hydrogens (tertiary/aromatic N) is 2. The third kappa shape index (κ3) is 4.60. The summed E-state index contributed by atoms with van der Waals surface area (Å²) in [6.07, 6.45) is 2.25. The molecule has 1 saturated heterocycles. The summed E-state index contributed by atoms with van der Waals surface area (Å²) in [5.74, 6) is 1.05. The Balaban J connectivity index is 1.57. The molecule has 25 heavy (non-hydrogen) atoms. The maximum Gasteiger partial charge on any atom is 0.253 e. The number of benzene rings is 2. The quantitative estimate of drug-likeness (QED) is 0.807. The largest absolute Gasteiger partial charge is 0.497 e. The van der Waals surface area contributed by atoms with Crippen LogP contribution in [0.25, 0.3) is 0 Å². The van der Waals surface area contributed by atoms with Crippen LogP contribution in [0, 0.1) is 0 Å². The van der Waals surface area contributed by atoms with E-state index in [0.29, 0.717) is 0 Å². The van der Waals surface area contributed by atoms with E-state index in [0.717, 1.165) is 50.3 Å². The van der Waals surface area contributed by atoms with Crippen molar-refractivity contribution in [3.8, 4) is 5.75 Å². The molecule has 1 aliphatic rings. The van der Waals surface area contributed by atoms with Crippen molar-refractivity contribution < 1.29 is 9.53 Å². The van der Waals surface area contributed by atoms with E-state index < -0.39 is 0 Å². The molecule has 4 nitrogen and oxygen atoms in total. The summed E-state index contributed by atoms with van der Waals surface area (Å²) in [6.45, 7) is 3.48. The van der Waals surface area contributed by atoms with Crippen LogP contribution in [0.5, 0.6) is 5.75 Å². The molecule has 132 valence electrons. The van der Waals surface area contributed by atoms with E-state index in [2.05, 4.69) is 36.2 Å². The van der Waals surface area contributed by atoms with Gasteiger partial charge in [0.2, 0.25) is 0 Å². The average molecular weight is 338 g/mol. The van der Waals surface area contributed by atoms with Gasteiger partial charge in [-0.05, 0) is 55.3 Å². The Kier molecular flexibility index (Phi) is 5.71. The van der Waals surface area contributed by atoms with E-state index in [1.807, 2.05) is 29.2 Å². The molecule has 0 unspecified atom stereocenters. The normalized spacial score (nSPS) is 14.1. The molecule has 0 bridgehead atoms. The lowest BCUT2D eigenvalue weighted by atomic mass is 10.1. The van der Waals surface area contributed by atoms with Crippen LogP contribution in [-0.2, 0) is 13.1 Å². The smallest absolute Gasteiger partial charge is 0.253 e. The van der Waals surface area contributed by atoms with Gasteiger partial charge in [0.05, 0.1) is 7.11 Å². The summed E-state index contributed by atoms with van der Waals surface area (Å²) < 4.78 is 5.28. The van der Waals surface area contributed by atoms with Gasteiger partial charge < -0.3 is 9.64 Å². The molecule has 4 heteroatoms. The number of carbonyl (C=O) groups is 1. The molecule has 0 spiro atoms. The Morgan fingerprint density at radius 2 is 1.72 bits per heavy atom. The van der Waals surface area contributed by atoms with Crippen LogP contribution >= 0.6 is 0 Å². The molecule has 0 aromatic heterocycles. The Morgan fingerprint density at radius 3 is 2.40 bits per heavy atom. The van der Waals surface area contributed by atoms with Crippen LogP contribution in [0.1, 0.15) is 34.3 Å². The van der Waals surface area contributed by atoms with Crippen molar-refractivity contribution in [3.63, 3.8) is 0 Å². The molecule has 2 aromatic carbocycles. The molecule has 1 heterocycles. The predicted molar refractivity (Wildman–Crippen MR) is 99.7 cm³/mol. The molecule has 0 saturated carbocycles. The standard InChI is InChI=1S/C21H26N2O2/c1-22(16-18-6-5-7-20(14-18)25-2)15-17-8-10-19(11-9-17)21(24)23-12-3-4-13-23/h5-11,14H,3-4,12-13,15-16H2,1-2H3. The lowest BCUT2D eigenvalue weighted by Crippen LogP contribution is -2.27. The Morgan fingerprint density at radius 1 is 1.04 bits per heavy atom. The zero-order valence-electron chi connectivity index (χ0n) is 15.1. The summed E-state index contributed by atoms with van der Waals surface area (Å²) in [7, 11) is 3.79. The van der Waals surface area contributed by atoms with Gasteiger partial charge in [-0.2, -0.15) is 0 Å². The van der Waals surface area contributed by atoms with Gasteiger partial charge in [0.1, 0.15) is 5.75 Å². The van der Waals surface area contributed by atoms with Crippen LogP contribution in [0.15, 0.2) is 48.5 Å². The monoisotopic (exact) mass is 338 g/mol. The first-order chi connectivity index (χ1) is 12.2. The maximum absolute atomic E-state index is 12.4. The second-order valence-corrected chi connectivity index (χ2v) is 6.72. The summed E-state index contributed by atoms with van der Waals surface area (Å²) in [4.78, 5) is 16.6. The molecule has 0 N–H and O–H groups in total. The van der Waals surface area contributed by atoms with Crippen LogP contribution < -0.4 is 4.74 Å². The maximum atomic E-state index is 12.4. The number of methoxy groups -OCH3 is 1. The van der Waals surface area contributed by atoms with Crippen molar-refractivity contribution in [1.82, 2.24) is 9.80 Å². The fourth-order valence-electron chi connectivity index (χ4n) is 3.31. The second-order valence-electron chi connectivity index (χ2n) is 6.72. The molecule has 0 atom stereocenters. The van der Waals surface area contributed by atoms with Crippen molar-refractivity contribution in [2.45, 2.75) is 25.9 Å². The van der Waals surface area contributed by atoms with Crippen molar-refractivity contribution in [1.29, 1.82) is 0 Å². The highest BCUT2D eigenvalue weighted by Crippen LogP contribution is 2.16. The molecule has 2 aromatic rings. The van der Waals surface area contributed by atoms with Crippen molar-refractivity contribution >= 4 is 5.91 Å². The summed E-state index contributed by atoms with van der Waals surface area (Å²) >= 11 is 0. The minimum Gasteiger partial charge on any atom is -0.497 e. The highest BCUT2D eigenvalue weighted by atomic mass is 16.5. The predicted octanol–water partition coefficient (Wildman–Crippen LogP) is 3.56. The van der Waals surface area contributed by atoms with Crippen molar-refractivity contribution in [2.24, 2.45) is 0 Å². The third-order valence-electron chi connectivity index (χ3n) is 4.63. The van der Waals surface area contributed by atoms with Crippen LogP contribution in [-0.4, -0.2) is 43.0 Å². The molecule has 1 amide bonds. The van der Waals surface area contributed by atoms with Crippen LogP contribution in [0.4, 0.5) is 0 Å². The van der Waals surface area contributed by atoms with Crippen LogP contribution in [0.3, 0.4) is 0 Å². The van der Waals surface area contributed by atoms with Gasteiger partial charge in [-0.1, -0.05) is 24.3 Å². The number of amides is 1. The van der Waals surface area contributed by atoms with Gasteiger partial charge in [0.15, 0.2) is 0 Å². The highest BCUT2D eigenvalue weighted by molar-refractivity contribution is 5.94. The number of hydrogen-bond donors (Lipinski definition) is 0. The molecule has 0 aliphatic carbocycles. The Labute approximate surface area is 150 Å². The van der Waals surface area contributed by atoms with Gasteiger partial charge in [0, 0.05) is 31.7 Å². The lowest BCUT2D eigenvalue weighted by Gasteiger charge is -2.18. The zero-order chi connectivity index (χ0) is 17.6. The van der Waals surface area contributed by atoms with Crippen molar-refractivity contribution in [2.75, 3.05) is 27.2 Å². The number of likely N-dealkylation sites (tertiary alicyclic amines) is 1. The minimum absolute atomic E-state index is 0.161. The van der Waals surface area contributed by atoms with Gasteiger partial charge in [-0.25, -0.2) is 0 Å². The second kappa shape index (κ2) is 8.17. The molecule has 1 aliphatic heterocycles. The van der Waals surface area contributed by atoms with Gasteiger partial charge in [-0.15, -0.1) is 0 Å². The van der Waals surface area contributed by atoms with E-state index in [1.165, 1.54) is 11.1 Å². The third-order valence-corrected chi connectivity index (χ3v) is 4.63. The summed E-state index contributed by atoms with van der Waals surface area (Å²) in [5.41, 5.74) is 3.23. The number of ether oxygens (including phenoxy) is 1. The summed E-state index contributed by atoms with van der Waals surface area (Å²) in [5, 5.41) is 0. The highest BCUT2D eigenvalue weighted by Gasteiger charge is 2.19. The average Bonchev–Trinajstić information content (AvgIpc) is 3.16. The van der Waals surface area contributed by atoms with E-state index in [4.69, 9.17) is 4.74 Å². The van der Waals surface area contributed by atoms with E-state index in [-0.39, 0.29) is 5.91 Å². The SMILES string of the molecule is COc1cccc(CN(C)Cc2ccc(C(=O)N3CCCC3)cc2)c1. The molecular formula is C21H26N2O2. The van der Waals surface area contributed by atoms with E-state index in [9.17, 15) is 4.79 Å². The number of rotatable bonds is 6. The van der Waals surface area contributed by atoms with Gasteiger partial charge >= 0.3 is 0 Å². The first kappa shape index (κ1) is 17.5. The lowest BCUT2D eigenvalue weighted by molar-refractivity contribution is 0.0793. The van der Waals surface area contributed by atoms with Gasteiger partial charge in [-0.3, -0.25) is 9.69 Å². The topological polar surface area (TPSA) is 32.8 Å². The number of carbonyl (C=O) groups excluding carboxylic acids is 1. The van der Waals surface area contributed by atoms with E-state index >= 15 is 0 Å². The van der Waals surface area contributed by atoms with E-state index in [1.54, 1.807) is 7.11 Å². The first-order valence-electron chi connectivity index (χ1n) is 8.85. The number of hydrogen-bond acceptors (Lipinski definition) is 3. The summed E-state index contributed by atoms with van der Waals surface area (Å²) in [6, 6.07) is 16.2. The Hall–Kier alpha value is -2.33. The minimum atomic E-state index is 0.161. The fraction of sp³-hybridized carbons (Fsp3) is 0.381. The van der Waals surface area contributed by atoms with Gasteiger partial charge in [0.25, 0.3) is 5.91 Å². The molecule has 1 fully saturated rings. The zero-order valence-corrected chi connectivity index (χ0v) is 15.1. The van der Waals surface area contributed by atoms with Crippen molar-refractivity contribution in [3.05, 3.63) is 65.2 Å². The molecule has 0 radical (unpaired) electrons. The molecule has 3 rings (SSSR count). The first-order valence-corrected chi connectivity index (χ1v) is 8.85. The fourth-order valence-corrected chi connectivity index (χ4v) is 3.31. The Bertz CT molecular complexity index is 706. The molecular weight excluding hydrogens is 312 g/mol. The van der Waals surface area contributed by atoms with Crippen LogP contribution in [0.2, 0.25) is 0 Å².